The number of pyridine rings is 1. The number of ether oxygens (including phenoxy) is 1. The second-order valence-electron chi connectivity index (χ2n) is 4.61. The van der Waals surface area contributed by atoms with Gasteiger partial charge in [-0.2, -0.15) is 0 Å². The van der Waals surface area contributed by atoms with Gasteiger partial charge in [0.05, 0.1) is 12.0 Å². The smallest absolute Gasteiger partial charge is 0.272 e. The van der Waals surface area contributed by atoms with Crippen molar-refractivity contribution in [1.82, 2.24) is 4.98 Å². The highest BCUT2D eigenvalue weighted by Gasteiger charge is 2.21. The van der Waals surface area contributed by atoms with Crippen molar-refractivity contribution < 1.29 is 13.2 Å². The van der Waals surface area contributed by atoms with Crippen molar-refractivity contribution in [3.8, 4) is 5.75 Å². The minimum absolute atomic E-state index is 0.0212. The molecule has 0 aliphatic carbocycles. The topological polar surface area (TPSA) is 88.3 Å². The van der Waals surface area contributed by atoms with Crippen molar-refractivity contribution in [1.29, 1.82) is 0 Å². The van der Waals surface area contributed by atoms with Crippen LogP contribution in [0.2, 0.25) is 0 Å². The Morgan fingerprint density at radius 3 is 2.33 bits per heavy atom. The van der Waals surface area contributed by atoms with E-state index in [1.54, 1.807) is 32.0 Å². The van der Waals surface area contributed by atoms with Crippen molar-refractivity contribution in [3.05, 3.63) is 51.9 Å². The van der Waals surface area contributed by atoms with E-state index < -0.39 is 15.6 Å². The molecule has 7 heteroatoms. The predicted octanol–water partition coefficient (Wildman–Crippen LogP) is 1.80. The van der Waals surface area contributed by atoms with Crippen molar-refractivity contribution in [2.24, 2.45) is 0 Å². The highest BCUT2D eigenvalue weighted by Crippen LogP contribution is 2.26. The third-order valence-electron chi connectivity index (χ3n) is 3.00. The van der Waals surface area contributed by atoms with Gasteiger partial charge in [-0.05, 0) is 49.2 Å². The van der Waals surface area contributed by atoms with Crippen LogP contribution in [-0.2, 0) is 10.0 Å². The van der Waals surface area contributed by atoms with E-state index in [4.69, 9.17) is 4.74 Å². The highest BCUT2D eigenvalue weighted by atomic mass is 32.2. The Hall–Kier alpha value is -2.28. The Balaban J connectivity index is 2.51. The van der Waals surface area contributed by atoms with Gasteiger partial charge in [0.1, 0.15) is 11.4 Å². The SMILES string of the molecule is COc1cc(C)c(S(=O)(=O)Nc2ccc[nH]c2=O)c(C)c1. The van der Waals surface area contributed by atoms with Gasteiger partial charge in [-0.15, -0.1) is 0 Å². The number of sulfonamides is 1. The largest absolute Gasteiger partial charge is 0.497 e. The van der Waals surface area contributed by atoms with E-state index in [0.29, 0.717) is 16.9 Å². The van der Waals surface area contributed by atoms with E-state index in [0.717, 1.165) is 0 Å². The number of H-pyrrole nitrogens is 1. The number of methoxy groups -OCH3 is 1. The monoisotopic (exact) mass is 308 g/mol. The van der Waals surface area contributed by atoms with Gasteiger partial charge < -0.3 is 9.72 Å². The number of nitrogens with one attached hydrogen (secondary N) is 2. The maximum atomic E-state index is 12.5. The summed E-state index contributed by atoms with van der Waals surface area (Å²) in [5.74, 6) is 0.585. The Bertz CT molecular complexity index is 802. The fourth-order valence-electron chi connectivity index (χ4n) is 2.15. The summed E-state index contributed by atoms with van der Waals surface area (Å²) < 4.78 is 32.4. The van der Waals surface area contributed by atoms with E-state index >= 15 is 0 Å². The Labute approximate surface area is 122 Å². The lowest BCUT2D eigenvalue weighted by Gasteiger charge is -2.13. The molecule has 1 aromatic heterocycles. The van der Waals surface area contributed by atoms with Crippen molar-refractivity contribution >= 4 is 15.7 Å². The minimum atomic E-state index is -3.85. The quantitative estimate of drug-likeness (QED) is 0.901. The van der Waals surface area contributed by atoms with Gasteiger partial charge in [0.15, 0.2) is 0 Å². The summed E-state index contributed by atoms with van der Waals surface area (Å²) in [6.45, 7) is 3.36. The normalized spacial score (nSPS) is 11.2. The average molecular weight is 308 g/mol. The van der Waals surface area contributed by atoms with Crippen LogP contribution in [0.5, 0.6) is 5.75 Å². The van der Waals surface area contributed by atoms with Gasteiger partial charge in [0.2, 0.25) is 0 Å². The highest BCUT2D eigenvalue weighted by molar-refractivity contribution is 7.92. The molecule has 0 aliphatic heterocycles. The molecule has 1 heterocycles. The molecule has 0 aliphatic rings. The van der Waals surface area contributed by atoms with Crippen molar-refractivity contribution in [3.63, 3.8) is 0 Å². The summed E-state index contributed by atoms with van der Waals surface area (Å²) in [5.41, 5.74) is 0.579. The maximum Gasteiger partial charge on any atom is 0.272 e. The van der Waals surface area contributed by atoms with Gasteiger partial charge in [0, 0.05) is 6.20 Å². The molecule has 6 nitrogen and oxygen atoms in total. The van der Waals surface area contributed by atoms with Gasteiger partial charge in [-0.3, -0.25) is 9.52 Å². The van der Waals surface area contributed by atoms with Crippen LogP contribution in [0, 0.1) is 13.8 Å². The van der Waals surface area contributed by atoms with Crippen LogP contribution in [0.1, 0.15) is 11.1 Å². The molecule has 112 valence electrons. The van der Waals surface area contributed by atoms with Crippen molar-refractivity contribution in [2.75, 3.05) is 11.8 Å². The first-order chi connectivity index (χ1) is 9.85. The first-order valence-electron chi connectivity index (χ1n) is 6.21. The first kappa shape index (κ1) is 15.1. The fraction of sp³-hybridized carbons (Fsp3) is 0.214. The van der Waals surface area contributed by atoms with E-state index in [-0.39, 0.29) is 10.6 Å². The number of aryl methyl sites for hydroxylation is 2. The lowest BCUT2D eigenvalue weighted by Crippen LogP contribution is -2.21. The molecule has 0 fully saturated rings. The molecule has 0 radical (unpaired) electrons. The van der Waals surface area contributed by atoms with Crippen LogP contribution >= 0.6 is 0 Å². The first-order valence-corrected chi connectivity index (χ1v) is 7.69. The molecule has 1 aromatic carbocycles. The van der Waals surface area contributed by atoms with E-state index in [9.17, 15) is 13.2 Å². The Morgan fingerprint density at radius 1 is 1.19 bits per heavy atom. The van der Waals surface area contributed by atoms with Gasteiger partial charge in [0.25, 0.3) is 15.6 Å². The van der Waals surface area contributed by atoms with Crippen LogP contribution in [0.3, 0.4) is 0 Å². The predicted molar refractivity (Wildman–Crippen MR) is 80.3 cm³/mol. The summed E-state index contributed by atoms with van der Waals surface area (Å²) in [6, 6.07) is 6.23. The third-order valence-corrected chi connectivity index (χ3v) is 4.67. The zero-order chi connectivity index (χ0) is 15.6. The molecule has 0 amide bonds. The third kappa shape index (κ3) is 3.08. The molecule has 2 aromatic rings. The molecule has 2 rings (SSSR count). The van der Waals surface area contributed by atoms with Crippen LogP contribution in [0.25, 0.3) is 0 Å². The summed E-state index contributed by atoms with van der Waals surface area (Å²) in [6.07, 6.45) is 1.43. The number of aromatic nitrogens is 1. The molecule has 0 saturated heterocycles. The van der Waals surface area contributed by atoms with Crippen LogP contribution < -0.4 is 15.0 Å². The van der Waals surface area contributed by atoms with Gasteiger partial charge >= 0.3 is 0 Å². The van der Waals surface area contributed by atoms with Crippen LogP contribution in [0.4, 0.5) is 5.69 Å². The lowest BCUT2D eigenvalue weighted by molar-refractivity contribution is 0.413. The van der Waals surface area contributed by atoms with Gasteiger partial charge in [-0.1, -0.05) is 0 Å². The number of rotatable bonds is 4. The zero-order valence-corrected chi connectivity index (χ0v) is 12.7. The second kappa shape index (κ2) is 5.61. The maximum absolute atomic E-state index is 12.5. The number of anilines is 1. The molecule has 0 saturated carbocycles. The second-order valence-corrected chi connectivity index (χ2v) is 6.23. The number of hydrogen-bond acceptors (Lipinski definition) is 4. The van der Waals surface area contributed by atoms with Gasteiger partial charge in [-0.25, -0.2) is 8.42 Å². The van der Waals surface area contributed by atoms with E-state index in [1.807, 2.05) is 0 Å². The Kier molecular flexibility index (Phi) is 4.04. The van der Waals surface area contributed by atoms with Crippen LogP contribution in [0.15, 0.2) is 40.2 Å². The molecule has 0 unspecified atom stereocenters. The molecule has 0 spiro atoms. The number of hydrogen-bond donors (Lipinski definition) is 2. The molecule has 0 atom stereocenters. The summed E-state index contributed by atoms with van der Waals surface area (Å²) >= 11 is 0. The van der Waals surface area contributed by atoms with Crippen LogP contribution in [-0.4, -0.2) is 20.5 Å². The van der Waals surface area contributed by atoms with E-state index in [1.165, 1.54) is 19.4 Å². The minimum Gasteiger partial charge on any atom is -0.497 e. The standard InChI is InChI=1S/C14H16N2O4S/c1-9-7-11(20-3)8-10(2)13(9)21(18,19)16-12-5-4-6-15-14(12)17/h4-8,16H,1-3H3,(H,15,17). The molecule has 2 N–H and O–H groups in total. The summed E-state index contributed by atoms with van der Waals surface area (Å²) in [7, 11) is -2.33. The zero-order valence-electron chi connectivity index (χ0n) is 11.9. The average Bonchev–Trinajstić information content (AvgIpc) is 2.40. The Morgan fingerprint density at radius 2 is 1.81 bits per heavy atom. The number of aromatic amines is 1. The number of benzene rings is 1. The van der Waals surface area contributed by atoms with Crippen molar-refractivity contribution in [2.45, 2.75) is 18.7 Å². The summed E-state index contributed by atoms with van der Waals surface area (Å²) in [5, 5.41) is 0. The molecular formula is C14H16N2O4S. The summed E-state index contributed by atoms with van der Waals surface area (Å²) in [4.78, 5) is 14.2. The molecule has 0 bridgehead atoms. The van der Waals surface area contributed by atoms with E-state index in [2.05, 4.69) is 9.71 Å². The fourth-order valence-corrected chi connectivity index (χ4v) is 3.67. The molecule has 21 heavy (non-hydrogen) atoms. The lowest BCUT2D eigenvalue weighted by atomic mass is 10.1. The molecular weight excluding hydrogens is 292 g/mol.